The second-order valence-corrected chi connectivity index (χ2v) is 4.86. The van der Waals surface area contributed by atoms with Crippen LogP contribution < -0.4 is 0 Å². The van der Waals surface area contributed by atoms with Crippen LogP contribution in [0.2, 0.25) is 0 Å². The van der Waals surface area contributed by atoms with Crippen molar-refractivity contribution in [2.75, 3.05) is 0 Å². The highest BCUT2D eigenvalue weighted by molar-refractivity contribution is 6.07. The maximum atomic E-state index is 13.5. The maximum absolute atomic E-state index is 13.5. The molecule has 0 spiro atoms. The van der Waals surface area contributed by atoms with Gasteiger partial charge in [-0.15, -0.1) is 0 Å². The van der Waals surface area contributed by atoms with Crippen molar-refractivity contribution >= 4 is 11.9 Å². The Morgan fingerprint density at radius 3 is 2.50 bits per heavy atom. The number of hydrogen-bond donors (Lipinski definition) is 0. The van der Waals surface area contributed by atoms with Gasteiger partial charge in [-0.3, -0.25) is 4.79 Å². The minimum Gasteiger partial charge on any atom is -0.324 e. The van der Waals surface area contributed by atoms with Gasteiger partial charge in [0.15, 0.2) is 5.78 Å². The minimum absolute atomic E-state index is 0.155. The number of ketones is 1. The van der Waals surface area contributed by atoms with E-state index in [4.69, 9.17) is 0 Å². The molecule has 0 atom stereocenters. The molecule has 2 nitrogen and oxygen atoms in total. The second kappa shape index (κ2) is 6.22. The summed E-state index contributed by atoms with van der Waals surface area (Å²) in [5, 5.41) is 0. The van der Waals surface area contributed by atoms with Crippen LogP contribution in [-0.2, 0) is 0 Å². The standard InChI is InChI=1S/C19H14FNO/c20-18-9-2-1-6-15(18)10-11-19(22)16-7-5-8-17(14-16)21-12-3-4-13-21/h1-14H/b11-10+. The number of hydrogen-bond acceptors (Lipinski definition) is 1. The molecule has 2 aromatic carbocycles. The van der Waals surface area contributed by atoms with E-state index in [2.05, 4.69) is 0 Å². The molecule has 0 fully saturated rings. The molecule has 3 rings (SSSR count). The molecule has 1 heterocycles. The average molecular weight is 291 g/mol. The van der Waals surface area contributed by atoms with E-state index in [-0.39, 0.29) is 11.6 Å². The highest BCUT2D eigenvalue weighted by Gasteiger charge is 2.04. The lowest BCUT2D eigenvalue weighted by Crippen LogP contribution is -1.97. The van der Waals surface area contributed by atoms with Gasteiger partial charge in [-0.05, 0) is 42.5 Å². The van der Waals surface area contributed by atoms with Crippen LogP contribution in [-0.4, -0.2) is 10.4 Å². The number of carbonyl (C=O) groups excluding carboxylic acids is 1. The number of benzene rings is 2. The zero-order valence-corrected chi connectivity index (χ0v) is 11.8. The summed E-state index contributed by atoms with van der Waals surface area (Å²) in [5.74, 6) is -0.495. The van der Waals surface area contributed by atoms with Gasteiger partial charge in [0.2, 0.25) is 0 Å². The molecule has 3 aromatic rings. The Labute approximate surface area is 128 Å². The fourth-order valence-electron chi connectivity index (χ4n) is 2.20. The van der Waals surface area contributed by atoms with Crippen LogP contribution in [0.15, 0.2) is 79.1 Å². The van der Waals surface area contributed by atoms with E-state index in [1.807, 2.05) is 47.3 Å². The Morgan fingerprint density at radius 2 is 1.73 bits per heavy atom. The number of halogens is 1. The summed E-state index contributed by atoms with van der Waals surface area (Å²) in [6, 6.07) is 17.5. The molecule has 0 aliphatic rings. The van der Waals surface area contributed by atoms with Crippen molar-refractivity contribution in [3.8, 4) is 5.69 Å². The summed E-state index contributed by atoms with van der Waals surface area (Å²) >= 11 is 0. The maximum Gasteiger partial charge on any atom is 0.185 e. The quantitative estimate of drug-likeness (QED) is 0.512. The number of aromatic nitrogens is 1. The predicted molar refractivity (Wildman–Crippen MR) is 85.5 cm³/mol. The number of nitrogens with zero attached hydrogens (tertiary/aromatic N) is 1. The van der Waals surface area contributed by atoms with Gasteiger partial charge in [0.05, 0.1) is 0 Å². The van der Waals surface area contributed by atoms with Crippen LogP contribution in [0.1, 0.15) is 15.9 Å². The Hall–Kier alpha value is -2.94. The van der Waals surface area contributed by atoms with Gasteiger partial charge in [0.1, 0.15) is 5.82 Å². The summed E-state index contributed by atoms with van der Waals surface area (Å²) in [7, 11) is 0. The van der Waals surface area contributed by atoms with Gasteiger partial charge < -0.3 is 4.57 Å². The van der Waals surface area contributed by atoms with Crippen LogP contribution in [0.3, 0.4) is 0 Å². The normalized spacial score (nSPS) is 11.0. The van der Waals surface area contributed by atoms with Gasteiger partial charge >= 0.3 is 0 Å². The zero-order chi connectivity index (χ0) is 15.4. The van der Waals surface area contributed by atoms with E-state index in [0.717, 1.165) is 5.69 Å². The van der Waals surface area contributed by atoms with Gasteiger partial charge in [-0.25, -0.2) is 4.39 Å². The summed E-state index contributed by atoms with van der Waals surface area (Å²) < 4.78 is 15.5. The van der Waals surface area contributed by atoms with Crippen LogP contribution in [0.4, 0.5) is 4.39 Å². The highest BCUT2D eigenvalue weighted by atomic mass is 19.1. The Bertz CT molecular complexity index is 819. The summed E-state index contributed by atoms with van der Waals surface area (Å²) in [4.78, 5) is 12.2. The lowest BCUT2D eigenvalue weighted by Gasteiger charge is -2.04. The monoisotopic (exact) mass is 291 g/mol. The third kappa shape index (κ3) is 3.04. The molecule has 0 aliphatic heterocycles. The van der Waals surface area contributed by atoms with Gasteiger partial charge in [0, 0.05) is 29.2 Å². The fourth-order valence-corrected chi connectivity index (χ4v) is 2.20. The molecule has 0 saturated carbocycles. The number of allylic oxidation sites excluding steroid dienone is 1. The molecule has 0 unspecified atom stereocenters. The van der Waals surface area contributed by atoms with E-state index >= 15 is 0 Å². The molecule has 0 bridgehead atoms. The Balaban J connectivity index is 1.84. The van der Waals surface area contributed by atoms with Crippen LogP contribution >= 0.6 is 0 Å². The summed E-state index contributed by atoms with van der Waals surface area (Å²) in [5.41, 5.74) is 1.88. The van der Waals surface area contributed by atoms with E-state index in [1.165, 1.54) is 18.2 Å². The molecule has 1 aromatic heterocycles. The predicted octanol–water partition coefficient (Wildman–Crippen LogP) is 4.51. The van der Waals surface area contributed by atoms with E-state index in [0.29, 0.717) is 11.1 Å². The van der Waals surface area contributed by atoms with Gasteiger partial charge in [-0.2, -0.15) is 0 Å². The molecule has 0 amide bonds. The van der Waals surface area contributed by atoms with Gasteiger partial charge in [-0.1, -0.05) is 30.3 Å². The summed E-state index contributed by atoms with van der Waals surface area (Å²) in [6.07, 6.45) is 6.73. The third-order valence-corrected chi connectivity index (χ3v) is 3.35. The van der Waals surface area contributed by atoms with E-state index in [1.54, 1.807) is 24.3 Å². The fraction of sp³-hybridized carbons (Fsp3) is 0. The van der Waals surface area contributed by atoms with Crippen molar-refractivity contribution < 1.29 is 9.18 Å². The average Bonchev–Trinajstić information content (AvgIpc) is 3.08. The topological polar surface area (TPSA) is 22.0 Å². The van der Waals surface area contributed by atoms with Crippen LogP contribution in [0, 0.1) is 5.82 Å². The molecule has 0 saturated heterocycles. The summed E-state index contributed by atoms with van der Waals surface area (Å²) in [6.45, 7) is 0. The first-order chi connectivity index (χ1) is 10.7. The molecule has 108 valence electrons. The smallest absolute Gasteiger partial charge is 0.185 e. The second-order valence-electron chi connectivity index (χ2n) is 4.86. The van der Waals surface area contributed by atoms with Crippen LogP contribution in [0.25, 0.3) is 11.8 Å². The molecule has 0 N–H and O–H groups in total. The van der Waals surface area contributed by atoms with Crippen molar-refractivity contribution in [2.24, 2.45) is 0 Å². The first-order valence-electron chi connectivity index (χ1n) is 6.94. The minimum atomic E-state index is -0.340. The van der Waals surface area contributed by atoms with Crippen molar-refractivity contribution in [2.45, 2.75) is 0 Å². The molecular formula is C19H14FNO. The molecule has 0 aliphatic carbocycles. The first-order valence-corrected chi connectivity index (χ1v) is 6.94. The lowest BCUT2D eigenvalue weighted by atomic mass is 10.1. The largest absolute Gasteiger partial charge is 0.324 e. The van der Waals surface area contributed by atoms with Gasteiger partial charge in [0.25, 0.3) is 0 Å². The van der Waals surface area contributed by atoms with Crippen molar-refractivity contribution in [1.82, 2.24) is 4.57 Å². The van der Waals surface area contributed by atoms with E-state index < -0.39 is 0 Å². The number of carbonyl (C=O) groups is 1. The van der Waals surface area contributed by atoms with Crippen LogP contribution in [0.5, 0.6) is 0 Å². The highest BCUT2D eigenvalue weighted by Crippen LogP contribution is 2.13. The Kier molecular flexibility index (Phi) is 3.97. The third-order valence-electron chi connectivity index (χ3n) is 3.35. The molecule has 0 radical (unpaired) electrons. The molecule has 22 heavy (non-hydrogen) atoms. The lowest BCUT2D eigenvalue weighted by molar-refractivity contribution is 0.104. The SMILES string of the molecule is O=C(/C=C/c1ccccc1F)c1cccc(-n2cccc2)c1. The van der Waals surface area contributed by atoms with Crippen molar-refractivity contribution in [1.29, 1.82) is 0 Å². The first kappa shape index (κ1) is 14.0. The molecular weight excluding hydrogens is 277 g/mol. The van der Waals surface area contributed by atoms with E-state index in [9.17, 15) is 9.18 Å². The number of rotatable bonds is 4. The zero-order valence-electron chi connectivity index (χ0n) is 11.8. The Morgan fingerprint density at radius 1 is 0.955 bits per heavy atom. The van der Waals surface area contributed by atoms with Crippen molar-refractivity contribution in [3.63, 3.8) is 0 Å². The van der Waals surface area contributed by atoms with Crippen molar-refractivity contribution in [3.05, 3.63) is 96.1 Å². The molecule has 3 heteroatoms.